The number of fused-ring (bicyclic) bond motifs is 1. The first-order valence-corrected chi connectivity index (χ1v) is 12.8. The van der Waals surface area contributed by atoms with Crippen molar-refractivity contribution in [2.24, 2.45) is 10.2 Å². The van der Waals surface area contributed by atoms with Gasteiger partial charge in [0.25, 0.3) is 16.0 Å². The van der Waals surface area contributed by atoms with Crippen LogP contribution in [0, 0.1) is 6.92 Å². The molecule has 0 aliphatic heterocycles. The second kappa shape index (κ2) is 12.0. The monoisotopic (exact) mass is 581 g/mol. The van der Waals surface area contributed by atoms with E-state index in [1.165, 1.54) is 38.3 Å². The average molecular weight is 582 g/mol. The topological polar surface area (TPSA) is 140 Å². The second-order valence-corrected chi connectivity index (χ2v) is 9.99. The number of anilines is 1. The number of hydrogen-bond acceptors (Lipinski definition) is 7. The molecule has 0 fully saturated rings. The largest absolute Gasteiger partial charge is 1.00 e. The molecule has 0 aliphatic rings. The summed E-state index contributed by atoms with van der Waals surface area (Å²) in [6.07, 6.45) is 0. The van der Waals surface area contributed by atoms with Gasteiger partial charge in [0.05, 0.1) is 17.8 Å². The maximum absolute atomic E-state index is 13.4. The van der Waals surface area contributed by atoms with Crippen LogP contribution in [0.5, 0.6) is 11.5 Å². The fraction of sp³-hybridized carbons (Fsp3) is 0.0800. The number of nitrogens with zero attached hydrogens (tertiary/aromatic N) is 2. The van der Waals surface area contributed by atoms with E-state index in [0.29, 0.717) is 22.2 Å². The molecule has 0 aromatic heterocycles. The molecule has 13 heteroatoms. The summed E-state index contributed by atoms with van der Waals surface area (Å²) in [5.74, 6) is -1.03. The van der Waals surface area contributed by atoms with E-state index in [-0.39, 0.29) is 62.1 Å². The van der Waals surface area contributed by atoms with Crippen molar-refractivity contribution in [3.8, 4) is 11.5 Å². The molecular weight excluding hydrogens is 564 g/mol. The minimum absolute atomic E-state index is 0. The third kappa shape index (κ3) is 6.13. The van der Waals surface area contributed by atoms with Crippen molar-refractivity contribution in [2.75, 3.05) is 12.4 Å². The normalized spacial score (nSPS) is 11.4. The summed E-state index contributed by atoms with van der Waals surface area (Å²) in [5, 5.41) is 25.2. The van der Waals surface area contributed by atoms with E-state index in [0.717, 1.165) is 0 Å². The van der Waals surface area contributed by atoms with Gasteiger partial charge < -0.3 is 15.2 Å². The van der Waals surface area contributed by atoms with E-state index in [1.54, 1.807) is 36.4 Å². The molecule has 0 atom stereocenters. The first-order valence-electron chi connectivity index (χ1n) is 10.6. The zero-order valence-corrected chi connectivity index (χ0v) is 24.6. The maximum Gasteiger partial charge on any atom is 1.00 e. The molecule has 4 rings (SSSR count). The van der Waals surface area contributed by atoms with Crippen molar-refractivity contribution in [2.45, 2.75) is 11.8 Å². The Morgan fingerprint density at radius 3 is 2.39 bits per heavy atom. The van der Waals surface area contributed by atoms with Gasteiger partial charge in [0.2, 0.25) is 0 Å². The summed E-state index contributed by atoms with van der Waals surface area (Å²) in [5.41, 5.74) is -0.234. The van der Waals surface area contributed by atoms with Crippen molar-refractivity contribution in [1.29, 1.82) is 0 Å². The molecule has 9 nitrogen and oxygen atoms in total. The van der Waals surface area contributed by atoms with Crippen LogP contribution in [0.2, 0.25) is 10.0 Å². The van der Waals surface area contributed by atoms with Crippen LogP contribution in [0.4, 0.5) is 17.1 Å². The van der Waals surface area contributed by atoms with Crippen LogP contribution < -0.4 is 44.7 Å². The summed E-state index contributed by atoms with van der Waals surface area (Å²) >= 11 is 12.1. The Morgan fingerprint density at radius 1 is 1.03 bits per heavy atom. The quantitative estimate of drug-likeness (QED) is 0.203. The summed E-state index contributed by atoms with van der Waals surface area (Å²) < 4.78 is 38.7. The van der Waals surface area contributed by atoms with Gasteiger partial charge in [-0.05, 0) is 54.3 Å². The summed E-state index contributed by atoms with van der Waals surface area (Å²) in [6, 6.07) is 15.4. The molecule has 4 aromatic carbocycles. The molecule has 4 aromatic rings. The number of methoxy groups -OCH3 is 1. The van der Waals surface area contributed by atoms with Crippen molar-refractivity contribution in [1.82, 2.24) is 0 Å². The van der Waals surface area contributed by atoms with Gasteiger partial charge >= 0.3 is 29.6 Å². The fourth-order valence-electron chi connectivity index (χ4n) is 3.68. The van der Waals surface area contributed by atoms with Gasteiger partial charge in [0.1, 0.15) is 16.3 Å². The number of hydrogen-bond donors (Lipinski definition) is 2. The minimum Gasteiger partial charge on any atom is -0.870 e. The van der Waals surface area contributed by atoms with E-state index < -0.39 is 26.7 Å². The number of azo groups is 1. The molecule has 0 radical (unpaired) electrons. The van der Waals surface area contributed by atoms with Crippen LogP contribution in [0.3, 0.4) is 0 Å². The van der Waals surface area contributed by atoms with Gasteiger partial charge in [-0.3, -0.25) is 9.35 Å². The Labute approximate surface area is 250 Å². The van der Waals surface area contributed by atoms with Gasteiger partial charge in [0.15, 0.2) is 0 Å². The number of rotatable bonds is 6. The Morgan fingerprint density at radius 2 is 1.74 bits per heavy atom. The average Bonchev–Trinajstić information content (AvgIpc) is 2.84. The molecule has 0 saturated heterocycles. The Kier molecular flexibility index (Phi) is 9.43. The van der Waals surface area contributed by atoms with Crippen LogP contribution >= 0.6 is 23.2 Å². The molecule has 0 heterocycles. The second-order valence-electron chi connectivity index (χ2n) is 7.82. The number of carbonyl (C=O) groups excluding carboxylic acids is 1. The Hall–Kier alpha value is -2.70. The van der Waals surface area contributed by atoms with E-state index in [2.05, 4.69) is 15.5 Å². The summed E-state index contributed by atoms with van der Waals surface area (Å²) in [7, 11) is -3.25. The predicted octanol–water partition coefficient (Wildman–Crippen LogP) is 3.46. The number of amides is 1. The van der Waals surface area contributed by atoms with Crippen molar-refractivity contribution < 1.29 is 57.2 Å². The maximum atomic E-state index is 13.4. The number of halogens is 2. The number of benzene rings is 4. The van der Waals surface area contributed by atoms with Crippen molar-refractivity contribution >= 4 is 67.1 Å². The summed E-state index contributed by atoms with van der Waals surface area (Å²) in [4.78, 5) is 12.5. The smallest absolute Gasteiger partial charge is 0.870 e. The standard InChI is InChI=1S/C25H19Cl2N3O6S.Na/c1-13-18(26)8-9-20(24(13)37(33,34)35)29-30-22-16-6-4-3-5-14(16)11-17(23(22)31)25(32)28-15-7-10-21(36-2)19(27)12-15;/h3-12,31H,1-2H3,(H,28,32)(H,33,34,35);/q;+1/p-1. The summed E-state index contributed by atoms with van der Waals surface area (Å²) in [6.45, 7) is 1.40. The zero-order valence-electron chi connectivity index (χ0n) is 20.3. The van der Waals surface area contributed by atoms with Crippen LogP contribution in [0.25, 0.3) is 10.8 Å². The van der Waals surface area contributed by atoms with Gasteiger partial charge in [-0.25, -0.2) is 0 Å². The predicted molar refractivity (Wildman–Crippen MR) is 140 cm³/mol. The van der Waals surface area contributed by atoms with E-state index in [4.69, 9.17) is 27.9 Å². The molecule has 190 valence electrons. The van der Waals surface area contributed by atoms with Gasteiger partial charge in [-0.2, -0.15) is 13.5 Å². The first kappa shape index (κ1) is 29.9. The molecule has 0 aliphatic carbocycles. The number of ether oxygens (including phenoxy) is 1. The van der Waals surface area contributed by atoms with E-state index in [1.807, 2.05) is 0 Å². The Balaban J connectivity index is 0.00000400. The SMILES string of the molecule is COc1ccc(NC(=O)c2cc3ccccc3c(N=Nc3ccc(Cl)c(C)c3S(=O)(=O)O)c2[O-])cc1Cl.[Na+]. The molecule has 1 amide bonds. The number of carbonyl (C=O) groups is 1. The molecule has 38 heavy (non-hydrogen) atoms. The van der Waals surface area contributed by atoms with E-state index in [9.17, 15) is 22.9 Å². The van der Waals surface area contributed by atoms with Crippen LogP contribution in [-0.2, 0) is 10.1 Å². The van der Waals surface area contributed by atoms with Crippen molar-refractivity contribution in [3.05, 3.63) is 81.8 Å². The zero-order chi connectivity index (χ0) is 26.9. The molecular formula is C25H18Cl2N3NaO6S. The first-order chi connectivity index (χ1) is 17.5. The molecule has 0 bridgehead atoms. The van der Waals surface area contributed by atoms with Gasteiger partial charge in [-0.15, -0.1) is 5.11 Å². The minimum atomic E-state index is -4.71. The molecule has 0 spiro atoms. The van der Waals surface area contributed by atoms with E-state index >= 15 is 0 Å². The van der Waals surface area contributed by atoms with Crippen LogP contribution in [0.15, 0.2) is 75.8 Å². The molecule has 0 unspecified atom stereocenters. The van der Waals surface area contributed by atoms with Crippen molar-refractivity contribution in [3.63, 3.8) is 0 Å². The van der Waals surface area contributed by atoms with Crippen LogP contribution in [0.1, 0.15) is 15.9 Å². The third-order valence-corrected chi connectivity index (χ3v) is 7.20. The molecule has 0 saturated carbocycles. The number of nitrogens with one attached hydrogen (secondary N) is 1. The van der Waals surface area contributed by atoms with Gasteiger partial charge in [-0.1, -0.05) is 53.2 Å². The van der Waals surface area contributed by atoms with Gasteiger partial charge in [0, 0.05) is 21.7 Å². The molecule has 2 N–H and O–H groups in total. The fourth-order valence-corrected chi connectivity index (χ4v) is 5.02. The Bertz CT molecular complexity index is 1700. The van der Waals surface area contributed by atoms with Crippen LogP contribution in [-0.4, -0.2) is 26.0 Å². The third-order valence-electron chi connectivity index (χ3n) is 5.46.